The highest BCUT2D eigenvalue weighted by Gasteiger charge is 1.84. The first kappa shape index (κ1) is 6.21. The molecule has 2 heteroatoms. The van der Waals surface area contributed by atoms with Crippen molar-refractivity contribution < 1.29 is 4.79 Å². The molecule has 1 N–H and O–H groups in total. The monoisotopic (exact) mass is 98.1 g/mol. The van der Waals surface area contributed by atoms with E-state index >= 15 is 0 Å². The Kier molecular flexibility index (Phi) is 2.12. The maximum Gasteiger partial charge on any atom is 0.220 e. The van der Waals surface area contributed by atoms with Crippen molar-refractivity contribution in [3.63, 3.8) is 0 Å². The molecule has 0 aliphatic carbocycles. The Morgan fingerprint density at radius 2 is 2.14 bits per heavy atom. The summed E-state index contributed by atoms with van der Waals surface area (Å²) >= 11 is 0. The van der Waals surface area contributed by atoms with Crippen LogP contribution in [0.2, 0.25) is 0 Å². The topological polar surface area (TPSA) is 29.1 Å². The van der Waals surface area contributed by atoms with E-state index in [-0.39, 0.29) is 5.91 Å². The zero-order valence-electron chi connectivity index (χ0n) is 4.32. The van der Waals surface area contributed by atoms with Gasteiger partial charge in [0.15, 0.2) is 0 Å². The van der Waals surface area contributed by atoms with Gasteiger partial charge in [-0.25, -0.2) is 0 Å². The maximum atomic E-state index is 10.0. The second kappa shape index (κ2) is 2.39. The Morgan fingerprint density at radius 3 is 2.14 bits per heavy atom. The third kappa shape index (κ3) is 5.21. The van der Waals surface area contributed by atoms with Gasteiger partial charge in [-0.1, -0.05) is 6.58 Å². The number of hydrogen-bond donors (Lipinski definition) is 1. The summed E-state index contributed by atoms with van der Waals surface area (Å²) in [6, 6.07) is 0. The first-order chi connectivity index (χ1) is 3.13. The van der Waals surface area contributed by atoms with Gasteiger partial charge < -0.3 is 5.32 Å². The van der Waals surface area contributed by atoms with Crippen LogP contribution in [0.15, 0.2) is 12.3 Å². The van der Waals surface area contributed by atoms with Crippen molar-refractivity contribution in [2.75, 3.05) is 0 Å². The Morgan fingerprint density at radius 1 is 1.71 bits per heavy atom. The highest BCUT2D eigenvalue weighted by molar-refractivity contribution is 5.74. The molecule has 39 valence electrons. The lowest BCUT2D eigenvalue weighted by Crippen LogP contribution is -2.15. The Labute approximate surface area is 43.2 Å². The van der Waals surface area contributed by atoms with Gasteiger partial charge in [-0.15, -0.1) is 0 Å². The van der Waals surface area contributed by atoms with Crippen molar-refractivity contribution in [2.24, 2.45) is 0 Å². The lowest BCUT2D eigenvalue weighted by molar-refractivity contribution is -0.118. The summed E-state index contributed by atoms with van der Waals surface area (Å²) in [5.41, 5.74) is 0.438. The number of nitrogens with one attached hydrogen (secondary N) is 1. The van der Waals surface area contributed by atoms with Gasteiger partial charge in [0.05, 0.1) is 0 Å². The predicted octanol–water partition coefficient (Wildman–Crippen LogP) is 0.470. The van der Waals surface area contributed by atoms with Gasteiger partial charge >= 0.3 is 0 Å². The number of carbonyl (C=O) groups excluding carboxylic acids is 1. The molecule has 0 spiro atoms. The van der Waals surface area contributed by atoms with Crippen molar-refractivity contribution in [3.8, 4) is 0 Å². The van der Waals surface area contributed by atoms with Crippen LogP contribution in [0.25, 0.3) is 0 Å². The van der Waals surface area contributed by atoms with E-state index in [2.05, 4.69) is 18.8 Å². The van der Waals surface area contributed by atoms with Gasteiger partial charge in [0.2, 0.25) is 5.91 Å². The van der Waals surface area contributed by atoms with E-state index in [9.17, 15) is 4.79 Å². The zero-order valence-corrected chi connectivity index (χ0v) is 4.32. The van der Waals surface area contributed by atoms with Crippen molar-refractivity contribution in [1.29, 1.82) is 0 Å². The molecule has 0 unspecified atom stereocenters. The molecule has 1 amide bonds. The average molecular weight is 98.1 g/mol. The first-order valence-electron chi connectivity index (χ1n) is 1.91. The molecule has 0 aliphatic rings. The molecular formula is C5H8NO. The molecule has 0 aromatic carbocycles. The van der Waals surface area contributed by atoms with Crippen LogP contribution in [0, 0.1) is 6.92 Å². The summed E-state index contributed by atoms with van der Waals surface area (Å²) in [4.78, 5) is 10.0. The minimum atomic E-state index is -0.125. The van der Waals surface area contributed by atoms with E-state index in [4.69, 9.17) is 0 Å². The molecule has 0 heterocycles. The molecule has 0 rings (SSSR count). The lowest BCUT2D eigenvalue weighted by atomic mass is 10.5. The van der Waals surface area contributed by atoms with Crippen molar-refractivity contribution >= 4 is 5.91 Å². The molecule has 0 bridgehead atoms. The Balaban J connectivity index is 3.32. The number of hydrogen-bond acceptors (Lipinski definition) is 1. The Bertz CT molecular complexity index is 84.3. The van der Waals surface area contributed by atoms with Crippen LogP contribution in [0.4, 0.5) is 0 Å². The van der Waals surface area contributed by atoms with E-state index in [0.29, 0.717) is 5.70 Å². The van der Waals surface area contributed by atoms with E-state index in [1.54, 1.807) is 0 Å². The fourth-order valence-electron chi connectivity index (χ4n) is 0.249. The highest BCUT2D eigenvalue weighted by Crippen LogP contribution is 1.73. The molecule has 0 aromatic heterocycles. The van der Waals surface area contributed by atoms with Crippen LogP contribution >= 0.6 is 0 Å². The second-order valence-electron chi connectivity index (χ2n) is 1.28. The summed E-state index contributed by atoms with van der Waals surface area (Å²) in [6.07, 6.45) is 0. The summed E-state index contributed by atoms with van der Waals surface area (Å²) in [6.45, 7) is 8.12. The van der Waals surface area contributed by atoms with E-state index in [1.165, 1.54) is 6.92 Å². The SMILES string of the molecule is [CH2]C(=C)NC(C)=O. The van der Waals surface area contributed by atoms with Gasteiger partial charge in [0.25, 0.3) is 0 Å². The predicted molar refractivity (Wildman–Crippen MR) is 28.3 cm³/mol. The molecule has 7 heavy (non-hydrogen) atoms. The molecule has 1 radical (unpaired) electrons. The molecule has 0 saturated carbocycles. The summed E-state index contributed by atoms with van der Waals surface area (Å²) in [5, 5.41) is 2.36. The van der Waals surface area contributed by atoms with E-state index < -0.39 is 0 Å². The number of carbonyl (C=O) groups is 1. The highest BCUT2D eigenvalue weighted by atomic mass is 16.1. The third-order valence-corrected chi connectivity index (χ3v) is 0.353. The second-order valence-corrected chi connectivity index (χ2v) is 1.28. The molecule has 0 atom stereocenters. The molecule has 0 saturated heterocycles. The van der Waals surface area contributed by atoms with E-state index in [1.807, 2.05) is 0 Å². The van der Waals surface area contributed by atoms with Gasteiger partial charge in [-0.05, 0) is 6.92 Å². The normalized spacial score (nSPS) is 7.71. The van der Waals surface area contributed by atoms with Crippen LogP contribution < -0.4 is 5.32 Å². The Hall–Kier alpha value is -0.790. The minimum absolute atomic E-state index is 0.125. The standard InChI is InChI=1S/C5H8NO/c1-4(2)6-5(3)7/h1-2H2,3H3,(H,6,7). The van der Waals surface area contributed by atoms with Crippen LogP contribution in [0.3, 0.4) is 0 Å². The minimum Gasteiger partial charge on any atom is -0.331 e. The average Bonchev–Trinajstić information content (AvgIpc) is 1.27. The van der Waals surface area contributed by atoms with Crippen molar-refractivity contribution in [2.45, 2.75) is 6.92 Å². The van der Waals surface area contributed by atoms with Gasteiger partial charge in [-0.2, -0.15) is 0 Å². The van der Waals surface area contributed by atoms with Crippen LogP contribution in [0.1, 0.15) is 6.92 Å². The van der Waals surface area contributed by atoms with Crippen LogP contribution in [0.5, 0.6) is 0 Å². The number of amides is 1. The smallest absolute Gasteiger partial charge is 0.220 e. The fourth-order valence-corrected chi connectivity index (χ4v) is 0.249. The fraction of sp³-hybridized carbons (Fsp3) is 0.200. The first-order valence-corrected chi connectivity index (χ1v) is 1.91. The summed E-state index contributed by atoms with van der Waals surface area (Å²) < 4.78 is 0. The summed E-state index contributed by atoms with van der Waals surface area (Å²) in [5.74, 6) is -0.125. The number of allylic oxidation sites excluding steroid dienone is 1. The van der Waals surface area contributed by atoms with Crippen molar-refractivity contribution in [3.05, 3.63) is 19.2 Å². The van der Waals surface area contributed by atoms with Crippen LogP contribution in [-0.4, -0.2) is 5.91 Å². The molecule has 0 fully saturated rings. The molecule has 0 aromatic rings. The lowest BCUT2D eigenvalue weighted by Gasteiger charge is -1.94. The quantitative estimate of drug-likeness (QED) is 0.507. The summed E-state index contributed by atoms with van der Waals surface area (Å²) in [7, 11) is 0. The van der Waals surface area contributed by atoms with Gasteiger partial charge in [0, 0.05) is 12.6 Å². The molecular weight excluding hydrogens is 90.1 g/mol. The maximum absolute atomic E-state index is 10.0. The van der Waals surface area contributed by atoms with Crippen molar-refractivity contribution in [1.82, 2.24) is 5.32 Å². The van der Waals surface area contributed by atoms with Gasteiger partial charge in [-0.3, -0.25) is 4.79 Å². The van der Waals surface area contributed by atoms with E-state index in [0.717, 1.165) is 0 Å². The molecule has 0 aliphatic heterocycles. The zero-order chi connectivity index (χ0) is 5.86. The molecule has 2 nitrogen and oxygen atoms in total. The largest absolute Gasteiger partial charge is 0.331 e. The number of rotatable bonds is 1. The van der Waals surface area contributed by atoms with Crippen LogP contribution in [-0.2, 0) is 4.79 Å². The third-order valence-electron chi connectivity index (χ3n) is 0.353. The van der Waals surface area contributed by atoms with Gasteiger partial charge in [0.1, 0.15) is 0 Å².